The summed E-state index contributed by atoms with van der Waals surface area (Å²) in [5, 5.41) is 7.99. The van der Waals surface area contributed by atoms with Crippen LogP contribution in [0.2, 0.25) is 0 Å². The Labute approximate surface area is 118 Å². The lowest BCUT2D eigenvalue weighted by atomic mass is 10.2. The minimum absolute atomic E-state index is 0.627. The molecule has 0 aromatic carbocycles. The van der Waals surface area contributed by atoms with Crippen LogP contribution in [0.4, 0.5) is 5.95 Å². The number of nitrogens with zero attached hydrogens (tertiary/aromatic N) is 2. The van der Waals surface area contributed by atoms with Crippen molar-refractivity contribution in [1.82, 2.24) is 9.55 Å². The van der Waals surface area contributed by atoms with Crippen LogP contribution in [0.15, 0.2) is 23.0 Å². The van der Waals surface area contributed by atoms with E-state index >= 15 is 0 Å². The summed E-state index contributed by atoms with van der Waals surface area (Å²) in [5.74, 6) is 1.06. The van der Waals surface area contributed by atoms with E-state index in [-0.39, 0.29) is 0 Å². The fourth-order valence-electron chi connectivity index (χ4n) is 2.77. The monoisotopic (exact) mass is 275 g/mol. The van der Waals surface area contributed by atoms with E-state index in [4.69, 9.17) is 0 Å². The van der Waals surface area contributed by atoms with Gasteiger partial charge in [-0.05, 0) is 48.6 Å². The Morgan fingerprint density at radius 3 is 3.00 bits per heavy atom. The SMILES string of the molecule is Cc1cn(CCc2ccsc2)c(NC2CCCC2)n1. The van der Waals surface area contributed by atoms with Crippen LogP contribution in [0.1, 0.15) is 36.9 Å². The van der Waals surface area contributed by atoms with Gasteiger partial charge in [0.15, 0.2) is 0 Å². The maximum atomic E-state index is 4.63. The number of imidazole rings is 1. The molecule has 2 aromatic rings. The average molecular weight is 275 g/mol. The molecule has 1 saturated carbocycles. The molecule has 0 radical (unpaired) electrons. The number of thiophene rings is 1. The lowest BCUT2D eigenvalue weighted by Gasteiger charge is -2.14. The first-order valence-corrected chi connectivity index (χ1v) is 8.07. The van der Waals surface area contributed by atoms with Gasteiger partial charge in [-0.2, -0.15) is 11.3 Å². The van der Waals surface area contributed by atoms with Crippen LogP contribution in [0.3, 0.4) is 0 Å². The molecular weight excluding hydrogens is 254 g/mol. The standard InChI is InChI=1S/C15H21N3S/c1-12-10-18(8-6-13-7-9-19-11-13)15(16-12)17-14-4-2-3-5-14/h7,9-11,14H,2-6,8H2,1H3,(H,16,17). The van der Waals surface area contributed by atoms with E-state index in [9.17, 15) is 0 Å². The summed E-state index contributed by atoms with van der Waals surface area (Å²) in [6.07, 6.45) is 8.52. The first-order chi connectivity index (χ1) is 9.31. The molecule has 0 bridgehead atoms. The predicted molar refractivity (Wildman–Crippen MR) is 80.9 cm³/mol. The molecule has 102 valence electrons. The molecule has 0 unspecified atom stereocenters. The van der Waals surface area contributed by atoms with Gasteiger partial charge in [0.1, 0.15) is 0 Å². The fraction of sp³-hybridized carbons (Fsp3) is 0.533. The third-order valence-electron chi connectivity index (χ3n) is 3.81. The van der Waals surface area contributed by atoms with Gasteiger partial charge in [-0.25, -0.2) is 4.98 Å². The van der Waals surface area contributed by atoms with E-state index in [0.29, 0.717) is 6.04 Å². The third kappa shape index (κ3) is 3.18. The smallest absolute Gasteiger partial charge is 0.203 e. The Hall–Kier alpha value is -1.29. The van der Waals surface area contributed by atoms with Crippen LogP contribution in [-0.4, -0.2) is 15.6 Å². The predicted octanol–water partition coefficient (Wildman–Crippen LogP) is 3.85. The molecule has 1 aliphatic rings. The van der Waals surface area contributed by atoms with Crippen LogP contribution in [0.5, 0.6) is 0 Å². The topological polar surface area (TPSA) is 29.9 Å². The summed E-state index contributed by atoms with van der Waals surface area (Å²) < 4.78 is 2.27. The first kappa shape index (κ1) is 12.7. The van der Waals surface area contributed by atoms with Gasteiger partial charge in [0.25, 0.3) is 0 Å². The number of aromatic nitrogens is 2. The van der Waals surface area contributed by atoms with Crippen molar-refractivity contribution >= 4 is 17.3 Å². The summed E-state index contributed by atoms with van der Waals surface area (Å²) >= 11 is 1.77. The van der Waals surface area contributed by atoms with Gasteiger partial charge in [0.2, 0.25) is 5.95 Å². The van der Waals surface area contributed by atoms with Gasteiger partial charge in [-0.1, -0.05) is 12.8 Å². The Morgan fingerprint density at radius 2 is 2.26 bits per heavy atom. The van der Waals surface area contributed by atoms with Gasteiger partial charge < -0.3 is 9.88 Å². The second kappa shape index (κ2) is 5.78. The van der Waals surface area contributed by atoms with Gasteiger partial charge in [-0.15, -0.1) is 0 Å². The second-order valence-electron chi connectivity index (χ2n) is 5.41. The maximum absolute atomic E-state index is 4.63. The summed E-state index contributed by atoms with van der Waals surface area (Å²) in [4.78, 5) is 4.63. The van der Waals surface area contributed by atoms with Crippen molar-refractivity contribution in [2.24, 2.45) is 0 Å². The van der Waals surface area contributed by atoms with Crippen molar-refractivity contribution < 1.29 is 0 Å². The highest BCUT2D eigenvalue weighted by Crippen LogP contribution is 2.22. The highest BCUT2D eigenvalue weighted by Gasteiger charge is 2.17. The summed E-state index contributed by atoms with van der Waals surface area (Å²) in [7, 11) is 0. The molecule has 2 heterocycles. The molecule has 0 spiro atoms. The molecule has 1 N–H and O–H groups in total. The molecule has 0 aliphatic heterocycles. The Balaban J connectivity index is 1.66. The van der Waals surface area contributed by atoms with E-state index < -0.39 is 0 Å². The molecule has 1 aliphatic carbocycles. The lowest BCUT2D eigenvalue weighted by Crippen LogP contribution is -2.18. The normalized spacial score (nSPS) is 16.1. The molecule has 3 nitrogen and oxygen atoms in total. The Morgan fingerprint density at radius 1 is 1.42 bits per heavy atom. The molecule has 0 atom stereocenters. The van der Waals surface area contributed by atoms with Crippen molar-refractivity contribution in [1.29, 1.82) is 0 Å². The highest BCUT2D eigenvalue weighted by molar-refractivity contribution is 7.07. The van der Waals surface area contributed by atoms with E-state index in [1.165, 1.54) is 31.2 Å². The maximum Gasteiger partial charge on any atom is 0.203 e. The van der Waals surface area contributed by atoms with E-state index in [1.807, 2.05) is 0 Å². The molecule has 4 heteroatoms. The Bertz CT molecular complexity index is 509. The molecule has 0 saturated heterocycles. The zero-order chi connectivity index (χ0) is 13.1. The minimum atomic E-state index is 0.627. The van der Waals surface area contributed by atoms with Crippen LogP contribution < -0.4 is 5.32 Å². The molecule has 2 aromatic heterocycles. The van der Waals surface area contributed by atoms with Crippen LogP contribution >= 0.6 is 11.3 Å². The molecule has 1 fully saturated rings. The van der Waals surface area contributed by atoms with Crippen molar-refractivity contribution in [3.05, 3.63) is 34.3 Å². The van der Waals surface area contributed by atoms with Crippen molar-refractivity contribution in [3.8, 4) is 0 Å². The minimum Gasteiger partial charge on any atom is -0.353 e. The molecule has 3 rings (SSSR count). The van der Waals surface area contributed by atoms with Crippen LogP contribution in [-0.2, 0) is 13.0 Å². The van der Waals surface area contributed by atoms with E-state index in [0.717, 1.165) is 24.6 Å². The largest absolute Gasteiger partial charge is 0.353 e. The number of hydrogen-bond acceptors (Lipinski definition) is 3. The van der Waals surface area contributed by atoms with E-state index in [2.05, 4.69) is 44.8 Å². The molecule has 19 heavy (non-hydrogen) atoms. The summed E-state index contributed by atoms with van der Waals surface area (Å²) in [5.41, 5.74) is 2.52. The van der Waals surface area contributed by atoms with Crippen LogP contribution in [0.25, 0.3) is 0 Å². The van der Waals surface area contributed by atoms with Gasteiger partial charge in [0, 0.05) is 18.8 Å². The number of rotatable bonds is 5. The van der Waals surface area contributed by atoms with Crippen molar-refractivity contribution in [2.75, 3.05) is 5.32 Å². The number of aryl methyl sites for hydroxylation is 3. The summed E-state index contributed by atoms with van der Waals surface area (Å²) in [6, 6.07) is 2.83. The van der Waals surface area contributed by atoms with Gasteiger partial charge in [-0.3, -0.25) is 0 Å². The summed E-state index contributed by atoms with van der Waals surface area (Å²) in [6.45, 7) is 3.08. The zero-order valence-electron chi connectivity index (χ0n) is 11.4. The third-order valence-corrected chi connectivity index (χ3v) is 4.54. The van der Waals surface area contributed by atoms with E-state index in [1.54, 1.807) is 11.3 Å². The molecular formula is C15H21N3S. The van der Waals surface area contributed by atoms with Crippen molar-refractivity contribution in [3.63, 3.8) is 0 Å². The van der Waals surface area contributed by atoms with Gasteiger partial charge >= 0.3 is 0 Å². The van der Waals surface area contributed by atoms with Gasteiger partial charge in [0.05, 0.1) is 5.69 Å². The molecule has 0 amide bonds. The second-order valence-corrected chi connectivity index (χ2v) is 6.19. The average Bonchev–Trinajstić information content (AvgIpc) is 3.10. The van der Waals surface area contributed by atoms with Crippen LogP contribution in [0, 0.1) is 6.92 Å². The highest BCUT2D eigenvalue weighted by atomic mass is 32.1. The zero-order valence-corrected chi connectivity index (χ0v) is 12.2. The quantitative estimate of drug-likeness (QED) is 0.898. The number of nitrogens with one attached hydrogen (secondary N) is 1. The van der Waals surface area contributed by atoms with Crippen molar-refractivity contribution in [2.45, 2.75) is 51.6 Å². The lowest BCUT2D eigenvalue weighted by molar-refractivity contribution is 0.675. The fourth-order valence-corrected chi connectivity index (χ4v) is 3.47. The number of anilines is 1. The first-order valence-electron chi connectivity index (χ1n) is 7.12. The Kier molecular flexibility index (Phi) is 3.87. The number of hydrogen-bond donors (Lipinski definition) is 1.